The van der Waals surface area contributed by atoms with Gasteiger partial charge in [0.2, 0.25) is 0 Å². The summed E-state index contributed by atoms with van der Waals surface area (Å²) in [5.74, 6) is -0.914. The lowest BCUT2D eigenvalue weighted by molar-refractivity contribution is 0.0472. The molecule has 3 rings (SSSR count). The van der Waals surface area contributed by atoms with Gasteiger partial charge in [-0.1, -0.05) is 18.2 Å². The monoisotopic (exact) mass is 391 g/mol. The SMILES string of the molecule is O=C(OCc1ccc(F)cc1)c1ccc(NS(=O)(=O)c2cccs2)cc1. The second kappa shape index (κ2) is 7.67. The molecule has 0 amide bonds. The van der Waals surface area contributed by atoms with Gasteiger partial charge in [0.05, 0.1) is 5.56 Å². The molecule has 0 radical (unpaired) electrons. The summed E-state index contributed by atoms with van der Waals surface area (Å²) in [7, 11) is -3.63. The number of hydrogen-bond acceptors (Lipinski definition) is 5. The van der Waals surface area contributed by atoms with Crippen LogP contribution >= 0.6 is 11.3 Å². The third kappa shape index (κ3) is 4.47. The van der Waals surface area contributed by atoms with Gasteiger partial charge in [-0.3, -0.25) is 4.72 Å². The first-order valence-electron chi connectivity index (χ1n) is 7.52. The van der Waals surface area contributed by atoms with Crippen molar-refractivity contribution in [2.45, 2.75) is 10.8 Å². The van der Waals surface area contributed by atoms with Crippen molar-refractivity contribution < 1.29 is 22.3 Å². The van der Waals surface area contributed by atoms with Gasteiger partial charge in [-0.25, -0.2) is 17.6 Å². The van der Waals surface area contributed by atoms with Crippen molar-refractivity contribution in [3.05, 3.63) is 83.0 Å². The van der Waals surface area contributed by atoms with Crippen molar-refractivity contribution in [3.63, 3.8) is 0 Å². The Morgan fingerprint density at radius 2 is 1.73 bits per heavy atom. The summed E-state index contributed by atoms with van der Waals surface area (Å²) in [5, 5.41) is 1.68. The molecule has 0 atom stereocenters. The molecule has 0 unspecified atom stereocenters. The van der Waals surface area contributed by atoms with Gasteiger partial charge in [0.25, 0.3) is 10.0 Å². The summed E-state index contributed by atoms with van der Waals surface area (Å²) in [6.45, 7) is 0.0197. The number of carbonyl (C=O) groups is 1. The highest BCUT2D eigenvalue weighted by molar-refractivity contribution is 7.94. The molecule has 26 heavy (non-hydrogen) atoms. The highest BCUT2D eigenvalue weighted by atomic mass is 32.2. The van der Waals surface area contributed by atoms with E-state index >= 15 is 0 Å². The lowest BCUT2D eigenvalue weighted by atomic mass is 10.2. The maximum atomic E-state index is 12.8. The molecule has 0 aliphatic rings. The molecule has 3 aromatic rings. The van der Waals surface area contributed by atoms with Gasteiger partial charge in [0, 0.05) is 5.69 Å². The Morgan fingerprint density at radius 1 is 1.04 bits per heavy atom. The van der Waals surface area contributed by atoms with Gasteiger partial charge in [-0.15, -0.1) is 11.3 Å². The maximum Gasteiger partial charge on any atom is 0.338 e. The van der Waals surface area contributed by atoms with Gasteiger partial charge < -0.3 is 4.74 Å². The molecule has 0 saturated heterocycles. The fourth-order valence-corrected chi connectivity index (χ4v) is 4.16. The molecule has 5 nitrogen and oxygen atoms in total. The van der Waals surface area contributed by atoms with Crippen LogP contribution in [0.3, 0.4) is 0 Å². The summed E-state index contributed by atoms with van der Waals surface area (Å²) >= 11 is 1.11. The minimum Gasteiger partial charge on any atom is -0.457 e. The van der Waals surface area contributed by atoms with Crippen LogP contribution < -0.4 is 4.72 Å². The van der Waals surface area contributed by atoms with Crippen molar-refractivity contribution >= 4 is 33.0 Å². The van der Waals surface area contributed by atoms with Crippen LogP contribution in [-0.4, -0.2) is 14.4 Å². The number of sulfonamides is 1. The molecular formula is C18H14FNO4S2. The predicted octanol–water partition coefficient (Wildman–Crippen LogP) is 4.05. The van der Waals surface area contributed by atoms with Crippen LogP contribution in [0.2, 0.25) is 0 Å². The molecule has 0 aliphatic heterocycles. The molecule has 0 spiro atoms. The molecule has 0 fully saturated rings. The zero-order valence-corrected chi connectivity index (χ0v) is 15.0. The van der Waals surface area contributed by atoms with E-state index < -0.39 is 16.0 Å². The van der Waals surface area contributed by atoms with E-state index in [0.717, 1.165) is 11.3 Å². The minimum atomic E-state index is -3.63. The Hall–Kier alpha value is -2.71. The number of nitrogens with one attached hydrogen (secondary N) is 1. The van der Waals surface area contributed by atoms with E-state index in [2.05, 4.69) is 4.72 Å². The lowest BCUT2D eigenvalue weighted by Gasteiger charge is -2.08. The summed E-state index contributed by atoms with van der Waals surface area (Å²) in [6, 6.07) is 14.7. The predicted molar refractivity (Wildman–Crippen MR) is 97.1 cm³/mol. The van der Waals surface area contributed by atoms with Crippen LogP contribution in [0.15, 0.2) is 70.3 Å². The molecule has 0 bridgehead atoms. The van der Waals surface area contributed by atoms with Crippen LogP contribution in [0.25, 0.3) is 0 Å². The zero-order chi connectivity index (χ0) is 18.6. The second-order valence-electron chi connectivity index (χ2n) is 5.32. The number of benzene rings is 2. The van der Waals surface area contributed by atoms with Crippen LogP contribution in [0.5, 0.6) is 0 Å². The Morgan fingerprint density at radius 3 is 2.35 bits per heavy atom. The molecule has 2 aromatic carbocycles. The first-order chi connectivity index (χ1) is 12.4. The van der Waals surface area contributed by atoms with Crippen molar-refractivity contribution in [2.75, 3.05) is 4.72 Å². The molecule has 0 saturated carbocycles. The van der Waals surface area contributed by atoms with E-state index in [1.807, 2.05) is 0 Å². The van der Waals surface area contributed by atoms with Crippen molar-refractivity contribution in [2.24, 2.45) is 0 Å². The van der Waals surface area contributed by atoms with Gasteiger partial charge in [0.1, 0.15) is 16.6 Å². The molecule has 134 valence electrons. The fourth-order valence-electron chi connectivity index (χ4n) is 2.11. The Bertz CT molecular complexity index is 983. The molecule has 8 heteroatoms. The summed E-state index contributed by atoms with van der Waals surface area (Å²) in [4.78, 5) is 12.0. The van der Waals surface area contributed by atoms with Gasteiger partial charge in [0.15, 0.2) is 0 Å². The van der Waals surface area contributed by atoms with Crippen LogP contribution in [0.1, 0.15) is 15.9 Å². The first-order valence-corrected chi connectivity index (χ1v) is 9.88. The third-order valence-corrected chi connectivity index (χ3v) is 6.19. The molecule has 1 N–H and O–H groups in total. The van der Waals surface area contributed by atoms with Gasteiger partial charge >= 0.3 is 5.97 Å². The highest BCUT2D eigenvalue weighted by Gasteiger charge is 2.15. The average molecular weight is 391 g/mol. The van der Waals surface area contributed by atoms with Crippen LogP contribution in [0.4, 0.5) is 10.1 Å². The lowest BCUT2D eigenvalue weighted by Crippen LogP contribution is -2.11. The molecule has 1 heterocycles. The smallest absolute Gasteiger partial charge is 0.338 e. The molecule has 0 aliphatic carbocycles. The quantitative estimate of drug-likeness (QED) is 0.644. The molecular weight excluding hydrogens is 377 g/mol. The number of esters is 1. The number of carbonyl (C=O) groups excluding carboxylic acids is 1. The second-order valence-corrected chi connectivity index (χ2v) is 8.17. The van der Waals surface area contributed by atoms with Crippen molar-refractivity contribution in [1.82, 2.24) is 0 Å². The summed E-state index contributed by atoms with van der Waals surface area (Å²) in [5.41, 5.74) is 1.29. The Balaban J connectivity index is 1.61. The number of thiophene rings is 1. The van der Waals surface area contributed by atoms with E-state index in [1.54, 1.807) is 11.4 Å². The first kappa shape index (κ1) is 18.1. The molecule has 1 aromatic heterocycles. The minimum absolute atomic E-state index is 0.0197. The fraction of sp³-hybridized carbons (Fsp3) is 0.0556. The van der Waals surface area contributed by atoms with E-state index in [1.165, 1.54) is 54.6 Å². The number of ether oxygens (including phenoxy) is 1. The highest BCUT2D eigenvalue weighted by Crippen LogP contribution is 2.20. The maximum absolute atomic E-state index is 12.8. The van der Waals surface area contributed by atoms with Gasteiger partial charge in [-0.2, -0.15) is 0 Å². The standard InChI is InChI=1S/C18H14FNO4S2/c19-15-7-3-13(4-8-15)12-24-18(21)14-5-9-16(10-6-14)20-26(22,23)17-2-1-11-25-17/h1-11,20H,12H2. The largest absolute Gasteiger partial charge is 0.457 e. The number of halogens is 1. The number of anilines is 1. The third-order valence-electron chi connectivity index (χ3n) is 3.42. The Kier molecular flexibility index (Phi) is 5.34. The zero-order valence-electron chi connectivity index (χ0n) is 13.4. The van der Waals surface area contributed by atoms with Crippen LogP contribution in [-0.2, 0) is 21.4 Å². The number of rotatable bonds is 6. The summed E-state index contributed by atoms with van der Waals surface area (Å²) < 4.78 is 44.9. The number of hydrogen-bond donors (Lipinski definition) is 1. The van der Waals surface area contributed by atoms with Crippen molar-refractivity contribution in [3.8, 4) is 0 Å². The van der Waals surface area contributed by atoms with Gasteiger partial charge in [-0.05, 0) is 53.4 Å². The normalized spacial score (nSPS) is 11.1. The summed E-state index contributed by atoms with van der Waals surface area (Å²) in [6.07, 6.45) is 0. The van der Waals surface area contributed by atoms with E-state index in [-0.39, 0.29) is 22.2 Å². The van der Waals surface area contributed by atoms with E-state index in [4.69, 9.17) is 4.74 Å². The Labute approximate surface area is 154 Å². The van der Waals surface area contributed by atoms with E-state index in [0.29, 0.717) is 11.3 Å². The average Bonchev–Trinajstić information content (AvgIpc) is 3.17. The van der Waals surface area contributed by atoms with Crippen molar-refractivity contribution in [1.29, 1.82) is 0 Å². The van der Waals surface area contributed by atoms with E-state index in [9.17, 15) is 17.6 Å². The topological polar surface area (TPSA) is 72.5 Å². The van der Waals surface area contributed by atoms with Crippen LogP contribution in [0, 0.1) is 5.82 Å².